The molecule has 1 nitrogen and oxygen atoms in total. The van der Waals surface area contributed by atoms with Crippen LogP contribution in [-0.4, -0.2) is 6.21 Å². The Bertz CT molecular complexity index is 251. The van der Waals surface area contributed by atoms with Crippen molar-refractivity contribution in [1.29, 1.82) is 5.41 Å². The molecule has 0 spiro atoms. The van der Waals surface area contributed by atoms with E-state index in [1.807, 2.05) is 39.8 Å². The first-order chi connectivity index (χ1) is 5.74. The van der Waals surface area contributed by atoms with Crippen LogP contribution in [0.25, 0.3) is 0 Å². The van der Waals surface area contributed by atoms with Gasteiger partial charge in [-0.2, -0.15) is 0 Å². The zero-order valence-corrected chi connectivity index (χ0v) is 8.31. The van der Waals surface area contributed by atoms with E-state index in [9.17, 15) is 0 Å². The molecule has 0 aromatic heterocycles. The smallest absolute Gasteiger partial charge is 0.0253 e. The highest BCUT2D eigenvalue weighted by atomic mass is 14.3. The van der Waals surface area contributed by atoms with E-state index in [1.54, 1.807) is 0 Å². The van der Waals surface area contributed by atoms with Crippen molar-refractivity contribution in [2.24, 2.45) is 0 Å². The average molecular weight is 163 g/mol. The van der Waals surface area contributed by atoms with Gasteiger partial charge in [-0.05, 0) is 25.0 Å². The first-order valence-electron chi connectivity index (χ1n) is 4.32. The fourth-order valence-corrected chi connectivity index (χ4v) is 0.915. The Morgan fingerprint density at radius 1 is 1.17 bits per heavy atom. The molecule has 0 saturated heterocycles. The second kappa shape index (κ2) is 5.53. The van der Waals surface area contributed by atoms with Crippen molar-refractivity contribution in [3.63, 3.8) is 0 Å². The summed E-state index contributed by atoms with van der Waals surface area (Å²) in [5.74, 6) is 0. The molecule has 66 valence electrons. The monoisotopic (exact) mass is 163 g/mol. The van der Waals surface area contributed by atoms with E-state index >= 15 is 0 Å². The summed E-state index contributed by atoms with van der Waals surface area (Å²) in [5.41, 5.74) is 3.39. The van der Waals surface area contributed by atoms with Crippen LogP contribution in [0, 0.1) is 19.3 Å². The maximum absolute atomic E-state index is 7.06. The van der Waals surface area contributed by atoms with Gasteiger partial charge in [0.25, 0.3) is 0 Å². The van der Waals surface area contributed by atoms with E-state index in [0.29, 0.717) is 0 Å². The van der Waals surface area contributed by atoms with Crippen LogP contribution < -0.4 is 0 Å². The van der Waals surface area contributed by atoms with Crippen LogP contribution in [-0.2, 0) is 0 Å². The highest BCUT2D eigenvalue weighted by Gasteiger charge is 1.92. The van der Waals surface area contributed by atoms with Crippen molar-refractivity contribution in [3.8, 4) is 0 Å². The Balaban J connectivity index is 0.000000561. The predicted molar refractivity (Wildman–Crippen MR) is 55.1 cm³/mol. The van der Waals surface area contributed by atoms with Crippen molar-refractivity contribution in [3.05, 3.63) is 34.9 Å². The lowest BCUT2D eigenvalue weighted by atomic mass is 10.1. The van der Waals surface area contributed by atoms with Gasteiger partial charge >= 0.3 is 0 Å². The molecule has 0 amide bonds. The van der Waals surface area contributed by atoms with Gasteiger partial charge in [-0.25, -0.2) is 0 Å². The molecule has 1 aromatic carbocycles. The van der Waals surface area contributed by atoms with Crippen LogP contribution in [0.2, 0.25) is 0 Å². The van der Waals surface area contributed by atoms with E-state index in [1.165, 1.54) is 17.3 Å². The van der Waals surface area contributed by atoms with Gasteiger partial charge < -0.3 is 5.41 Å². The lowest BCUT2D eigenvalue weighted by Crippen LogP contribution is -1.85. The van der Waals surface area contributed by atoms with Crippen LogP contribution in [0.4, 0.5) is 0 Å². The molecule has 0 unspecified atom stereocenters. The SMILES string of the molecule is CC.Cc1ccc(C)c(C=N)c1. The lowest BCUT2D eigenvalue weighted by molar-refractivity contribution is 1.37. The summed E-state index contributed by atoms with van der Waals surface area (Å²) in [5, 5.41) is 7.06. The van der Waals surface area contributed by atoms with Crippen molar-refractivity contribution >= 4 is 6.21 Å². The largest absolute Gasteiger partial charge is 0.308 e. The summed E-state index contributed by atoms with van der Waals surface area (Å²) in [7, 11) is 0. The van der Waals surface area contributed by atoms with Gasteiger partial charge in [0.15, 0.2) is 0 Å². The molecule has 1 rings (SSSR count). The second-order valence-corrected chi connectivity index (χ2v) is 2.50. The number of aryl methyl sites for hydroxylation is 2. The van der Waals surface area contributed by atoms with Crippen LogP contribution in [0.15, 0.2) is 18.2 Å². The van der Waals surface area contributed by atoms with Gasteiger partial charge in [0.05, 0.1) is 0 Å². The van der Waals surface area contributed by atoms with Crippen molar-refractivity contribution in [2.75, 3.05) is 0 Å². The molecule has 0 saturated carbocycles. The van der Waals surface area contributed by atoms with Gasteiger partial charge in [-0.15, -0.1) is 0 Å². The normalized spacial score (nSPS) is 8.33. The fraction of sp³-hybridized carbons (Fsp3) is 0.364. The first-order valence-corrected chi connectivity index (χ1v) is 4.32. The van der Waals surface area contributed by atoms with Gasteiger partial charge in [0, 0.05) is 6.21 Å². The van der Waals surface area contributed by atoms with E-state index in [-0.39, 0.29) is 0 Å². The third-order valence-electron chi connectivity index (χ3n) is 1.59. The number of rotatable bonds is 1. The van der Waals surface area contributed by atoms with Crippen molar-refractivity contribution in [2.45, 2.75) is 27.7 Å². The van der Waals surface area contributed by atoms with E-state index in [0.717, 1.165) is 5.56 Å². The molecule has 0 aliphatic rings. The summed E-state index contributed by atoms with van der Waals surface area (Å²) >= 11 is 0. The quantitative estimate of drug-likeness (QED) is 0.614. The molecule has 1 N–H and O–H groups in total. The Kier molecular flexibility index (Phi) is 5.02. The van der Waals surface area contributed by atoms with Crippen LogP contribution in [0.1, 0.15) is 30.5 Å². The molecule has 12 heavy (non-hydrogen) atoms. The highest BCUT2D eigenvalue weighted by molar-refractivity contribution is 5.79. The van der Waals surface area contributed by atoms with Crippen LogP contribution in [0.3, 0.4) is 0 Å². The number of nitrogens with one attached hydrogen (secondary N) is 1. The van der Waals surface area contributed by atoms with Gasteiger partial charge in [0.2, 0.25) is 0 Å². The fourth-order valence-electron chi connectivity index (χ4n) is 0.915. The molecular formula is C11H17N. The summed E-state index contributed by atoms with van der Waals surface area (Å²) < 4.78 is 0. The molecule has 0 heterocycles. The Hall–Kier alpha value is -1.11. The lowest BCUT2D eigenvalue weighted by Gasteiger charge is -1.98. The minimum Gasteiger partial charge on any atom is -0.308 e. The zero-order chi connectivity index (χ0) is 9.56. The van der Waals surface area contributed by atoms with E-state index < -0.39 is 0 Å². The molecule has 0 aliphatic heterocycles. The number of hydrogen-bond donors (Lipinski definition) is 1. The molecule has 0 aliphatic carbocycles. The molecule has 0 fully saturated rings. The third-order valence-corrected chi connectivity index (χ3v) is 1.59. The Morgan fingerprint density at radius 3 is 2.17 bits per heavy atom. The molecule has 0 atom stereocenters. The zero-order valence-electron chi connectivity index (χ0n) is 8.31. The Morgan fingerprint density at radius 2 is 1.75 bits per heavy atom. The minimum atomic E-state index is 1.01. The summed E-state index contributed by atoms with van der Waals surface area (Å²) in [6, 6.07) is 6.11. The predicted octanol–water partition coefficient (Wildman–Crippen LogP) is 3.33. The van der Waals surface area contributed by atoms with Gasteiger partial charge in [-0.3, -0.25) is 0 Å². The topological polar surface area (TPSA) is 23.9 Å². The van der Waals surface area contributed by atoms with Gasteiger partial charge in [0.1, 0.15) is 0 Å². The average Bonchev–Trinajstić information content (AvgIpc) is 2.13. The second-order valence-electron chi connectivity index (χ2n) is 2.50. The van der Waals surface area contributed by atoms with E-state index in [2.05, 4.69) is 6.07 Å². The number of benzene rings is 1. The maximum Gasteiger partial charge on any atom is 0.0253 e. The summed E-state index contributed by atoms with van der Waals surface area (Å²) in [6.07, 6.45) is 1.39. The molecular weight excluding hydrogens is 146 g/mol. The highest BCUT2D eigenvalue weighted by Crippen LogP contribution is 2.07. The maximum atomic E-state index is 7.06. The van der Waals surface area contributed by atoms with Crippen LogP contribution >= 0.6 is 0 Å². The van der Waals surface area contributed by atoms with Crippen molar-refractivity contribution < 1.29 is 0 Å². The first kappa shape index (κ1) is 10.9. The minimum absolute atomic E-state index is 1.01. The standard InChI is InChI=1S/C9H11N.C2H6/c1-7-3-4-8(2)9(5-7)6-10;1-2/h3-6,10H,1-2H3;1-2H3. The Labute approximate surface area is 74.9 Å². The van der Waals surface area contributed by atoms with Crippen molar-refractivity contribution in [1.82, 2.24) is 0 Å². The van der Waals surface area contributed by atoms with Crippen LogP contribution in [0.5, 0.6) is 0 Å². The summed E-state index contributed by atoms with van der Waals surface area (Å²) in [4.78, 5) is 0. The molecule has 0 radical (unpaired) electrons. The number of hydrogen-bond acceptors (Lipinski definition) is 1. The van der Waals surface area contributed by atoms with Gasteiger partial charge in [-0.1, -0.05) is 37.6 Å². The third kappa shape index (κ3) is 2.87. The van der Waals surface area contributed by atoms with E-state index in [4.69, 9.17) is 5.41 Å². The molecule has 1 aromatic rings. The molecule has 1 heteroatoms. The molecule has 0 bridgehead atoms. The summed E-state index contributed by atoms with van der Waals surface area (Å²) in [6.45, 7) is 8.05.